The zero-order valence-electron chi connectivity index (χ0n) is 10.6. The molecule has 1 aromatic rings. The Morgan fingerprint density at radius 1 is 1.44 bits per heavy atom. The number of aliphatic hydroxyl groups is 1. The fourth-order valence-electron chi connectivity index (χ4n) is 2.18. The average molecular weight is 252 g/mol. The van der Waals surface area contributed by atoms with Crippen LogP contribution in [0.1, 0.15) is 12.8 Å². The molecule has 0 aromatic heterocycles. The maximum Gasteiger partial charge on any atom is 0.143 e. The third kappa shape index (κ3) is 2.68. The highest BCUT2D eigenvalue weighted by Crippen LogP contribution is 2.30. The summed E-state index contributed by atoms with van der Waals surface area (Å²) in [5.41, 5.74) is 6.97. The Morgan fingerprint density at radius 3 is 2.78 bits per heavy atom. The van der Waals surface area contributed by atoms with E-state index in [2.05, 4.69) is 5.32 Å². The largest absolute Gasteiger partial charge is 0.495 e. The number of anilines is 2. The number of rotatable bonds is 4. The second-order valence-electron chi connectivity index (χ2n) is 4.63. The molecule has 2 rings (SSSR count). The monoisotopic (exact) mass is 252 g/mol. The molecule has 1 aromatic carbocycles. The van der Waals surface area contributed by atoms with E-state index in [4.69, 9.17) is 15.2 Å². The van der Waals surface area contributed by atoms with Gasteiger partial charge >= 0.3 is 0 Å². The van der Waals surface area contributed by atoms with E-state index >= 15 is 0 Å². The van der Waals surface area contributed by atoms with Gasteiger partial charge in [-0.05, 0) is 25.0 Å². The van der Waals surface area contributed by atoms with Crippen LogP contribution in [0.3, 0.4) is 0 Å². The summed E-state index contributed by atoms with van der Waals surface area (Å²) in [5, 5.41) is 13.0. The number of hydrogen-bond donors (Lipinski definition) is 3. The van der Waals surface area contributed by atoms with Gasteiger partial charge in [0.1, 0.15) is 5.75 Å². The highest BCUT2D eigenvalue weighted by Gasteiger charge is 2.31. The maximum absolute atomic E-state index is 9.61. The van der Waals surface area contributed by atoms with Gasteiger partial charge in [-0.15, -0.1) is 0 Å². The standard InChI is InChI=1S/C13H20N2O3/c1-17-12-8-10(2-3-11(12)14)15-13(9-16)4-6-18-7-5-13/h2-3,8,15-16H,4-7,9,14H2,1H3. The molecule has 100 valence electrons. The molecular weight excluding hydrogens is 232 g/mol. The number of ether oxygens (including phenoxy) is 2. The number of nitrogens with two attached hydrogens (primary N) is 1. The molecule has 0 aliphatic carbocycles. The van der Waals surface area contributed by atoms with Crippen molar-refractivity contribution < 1.29 is 14.6 Å². The van der Waals surface area contributed by atoms with Crippen LogP contribution in [0.15, 0.2) is 18.2 Å². The number of methoxy groups -OCH3 is 1. The van der Waals surface area contributed by atoms with Gasteiger partial charge in [-0.3, -0.25) is 0 Å². The number of aliphatic hydroxyl groups excluding tert-OH is 1. The van der Waals surface area contributed by atoms with E-state index in [-0.39, 0.29) is 12.1 Å². The lowest BCUT2D eigenvalue weighted by Crippen LogP contribution is -2.46. The topological polar surface area (TPSA) is 76.7 Å². The van der Waals surface area contributed by atoms with Gasteiger partial charge in [0, 0.05) is 25.0 Å². The van der Waals surface area contributed by atoms with E-state index in [1.54, 1.807) is 13.2 Å². The van der Waals surface area contributed by atoms with Crippen LogP contribution in [0.25, 0.3) is 0 Å². The van der Waals surface area contributed by atoms with Gasteiger partial charge in [-0.1, -0.05) is 0 Å². The molecule has 5 nitrogen and oxygen atoms in total. The summed E-state index contributed by atoms with van der Waals surface area (Å²) < 4.78 is 10.5. The van der Waals surface area contributed by atoms with Gasteiger partial charge in [0.25, 0.3) is 0 Å². The Kier molecular flexibility index (Phi) is 3.93. The van der Waals surface area contributed by atoms with Gasteiger partial charge in [0.05, 0.1) is 24.9 Å². The van der Waals surface area contributed by atoms with Crippen LogP contribution in [0.2, 0.25) is 0 Å². The summed E-state index contributed by atoms with van der Waals surface area (Å²) in [5.74, 6) is 0.639. The SMILES string of the molecule is COc1cc(NC2(CO)CCOCC2)ccc1N. The summed E-state index contributed by atoms with van der Waals surface area (Å²) in [6, 6.07) is 5.54. The molecule has 0 amide bonds. The molecule has 0 saturated carbocycles. The highest BCUT2D eigenvalue weighted by molar-refractivity contribution is 5.62. The zero-order chi connectivity index (χ0) is 13.0. The van der Waals surface area contributed by atoms with Crippen molar-refractivity contribution in [3.8, 4) is 5.75 Å². The fourth-order valence-corrected chi connectivity index (χ4v) is 2.18. The van der Waals surface area contributed by atoms with E-state index < -0.39 is 0 Å². The van der Waals surface area contributed by atoms with E-state index in [0.29, 0.717) is 24.7 Å². The molecule has 1 aliphatic heterocycles. The minimum Gasteiger partial charge on any atom is -0.495 e. The lowest BCUT2D eigenvalue weighted by atomic mass is 9.90. The molecule has 0 atom stereocenters. The quantitative estimate of drug-likeness (QED) is 0.703. The molecule has 0 bridgehead atoms. The second-order valence-corrected chi connectivity index (χ2v) is 4.63. The van der Waals surface area contributed by atoms with Crippen molar-refractivity contribution in [3.05, 3.63) is 18.2 Å². The molecule has 1 heterocycles. The van der Waals surface area contributed by atoms with Crippen LogP contribution in [0, 0.1) is 0 Å². The third-order valence-corrected chi connectivity index (χ3v) is 3.40. The Bertz CT molecular complexity index is 403. The van der Waals surface area contributed by atoms with Crippen molar-refractivity contribution in [1.82, 2.24) is 0 Å². The minimum atomic E-state index is -0.306. The number of nitrogen functional groups attached to an aromatic ring is 1. The maximum atomic E-state index is 9.61. The van der Waals surface area contributed by atoms with Crippen molar-refractivity contribution in [2.75, 3.05) is 38.0 Å². The second kappa shape index (κ2) is 5.46. The van der Waals surface area contributed by atoms with E-state index in [9.17, 15) is 5.11 Å². The molecule has 0 radical (unpaired) electrons. The first kappa shape index (κ1) is 13.0. The number of nitrogens with one attached hydrogen (secondary N) is 1. The van der Waals surface area contributed by atoms with Gasteiger partial charge in [0.2, 0.25) is 0 Å². The summed E-state index contributed by atoms with van der Waals surface area (Å²) in [7, 11) is 1.59. The van der Waals surface area contributed by atoms with E-state index in [1.165, 1.54) is 0 Å². The molecule has 5 heteroatoms. The molecular formula is C13H20N2O3. The zero-order valence-corrected chi connectivity index (χ0v) is 10.6. The smallest absolute Gasteiger partial charge is 0.143 e. The first-order valence-corrected chi connectivity index (χ1v) is 6.09. The highest BCUT2D eigenvalue weighted by atomic mass is 16.5. The Hall–Kier alpha value is -1.46. The average Bonchev–Trinajstić information content (AvgIpc) is 2.42. The summed E-state index contributed by atoms with van der Waals surface area (Å²) in [6.07, 6.45) is 1.58. The molecule has 0 unspecified atom stereocenters. The summed E-state index contributed by atoms with van der Waals surface area (Å²) in [6.45, 7) is 1.42. The van der Waals surface area contributed by atoms with Gasteiger partial charge in [-0.25, -0.2) is 0 Å². The first-order valence-electron chi connectivity index (χ1n) is 6.09. The molecule has 1 saturated heterocycles. The summed E-state index contributed by atoms with van der Waals surface area (Å²) >= 11 is 0. The van der Waals surface area contributed by atoms with Crippen LogP contribution < -0.4 is 15.8 Å². The van der Waals surface area contributed by atoms with Gasteiger partial charge < -0.3 is 25.6 Å². The molecule has 1 aliphatic rings. The lowest BCUT2D eigenvalue weighted by Gasteiger charge is -2.37. The predicted octanol–water partition coefficient (Wildman–Crippen LogP) is 1.23. The van der Waals surface area contributed by atoms with E-state index in [1.807, 2.05) is 12.1 Å². The van der Waals surface area contributed by atoms with Crippen LogP contribution in [-0.4, -0.2) is 37.6 Å². The van der Waals surface area contributed by atoms with Crippen LogP contribution in [0.4, 0.5) is 11.4 Å². The van der Waals surface area contributed by atoms with Crippen molar-refractivity contribution in [2.45, 2.75) is 18.4 Å². The third-order valence-electron chi connectivity index (χ3n) is 3.40. The van der Waals surface area contributed by atoms with E-state index in [0.717, 1.165) is 18.5 Å². The van der Waals surface area contributed by atoms with Crippen LogP contribution in [0.5, 0.6) is 5.75 Å². The van der Waals surface area contributed by atoms with Crippen LogP contribution in [-0.2, 0) is 4.74 Å². The normalized spacial score (nSPS) is 18.3. The Labute approximate surface area is 107 Å². The van der Waals surface area contributed by atoms with Gasteiger partial charge in [0.15, 0.2) is 0 Å². The first-order chi connectivity index (χ1) is 8.69. The molecule has 0 spiro atoms. The Balaban J connectivity index is 2.16. The fraction of sp³-hybridized carbons (Fsp3) is 0.538. The molecule has 4 N–H and O–H groups in total. The van der Waals surface area contributed by atoms with Crippen molar-refractivity contribution in [3.63, 3.8) is 0 Å². The van der Waals surface area contributed by atoms with Crippen molar-refractivity contribution in [2.24, 2.45) is 0 Å². The number of benzene rings is 1. The minimum absolute atomic E-state index is 0.0864. The Morgan fingerprint density at radius 2 is 2.17 bits per heavy atom. The lowest BCUT2D eigenvalue weighted by molar-refractivity contribution is 0.0380. The predicted molar refractivity (Wildman–Crippen MR) is 70.9 cm³/mol. The van der Waals surface area contributed by atoms with Crippen molar-refractivity contribution in [1.29, 1.82) is 0 Å². The number of hydrogen-bond acceptors (Lipinski definition) is 5. The van der Waals surface area contributed by atoms with Crippen molar-refractivity contribution >= 4 is 11.4 Å². The molecule has 1 fully saturated rings. The molecule has 18 heavy (non-hydrogen) atoms. The summed E-state index contributed by atoms with van der Waals surface area (Å²) in [4.78, 5) is 0. The van der Waals surface area contributed by atoms with Crippen LogP contribution >= 0.6 is 0 Å². The van der Waals surface area contributed by atoms with Gasteiger partial charge in [-0.2, -0.15) is 0 Å².